The number of hydrogen-bond acceptors (Lipinski definition) is 4. The van der Waals surface area contributed by atoms with Crippen molar-refractivity contribution in [1.29, 1.82) is 0 Å². The maximum Gasteiger partial charge on any atom is 0.310 e. The van der Waals surface area contributed by atoms with Gasteiger partial charge in [-0.2, -0.15) is 0 Å². The molecule has 0 aromatic carbocycles. The zero-order valence-corrected chi connectivity index (χ0v) is 12.6. The van der Waals surface area contributed by atoms with Gasteiger partial charge in [-0.05, 0) is 25.8 Å². The van der Waals surface area contributed by atoms with Gasteiger partial charge in [0.1, 0.15) is 5.15 Å². The summed E-state index contributed by atoms with van der Waals surface area (Å²) >= 11 is 5.81. The summed E-state index contributed by atoms with van der Waals surface area (Å²) in [6.45, 7) is 1.74. The predicted octanol–water partition coefficient (Wildman–Crippen LogP) is 2.80. The van der Waals surface area contributed by atoms with Crippen molar-refractivity contribution in [1.82, 2.24) is 9.97 Å². The molecule has 0 bridgehead atoms. The first-order valence-corrected chi connectivity index (χ1v) is 7.33. The second-order valence-electron chi connectivity index (χ2n) is 5.53. The molecule has 1 amide bonds. The number of hydrogen-bond donors (Lipinski definition) is 2. The third-order valence-corrected chi connectivity index (χ3v) is 4.03. The molecule has 114 valence electrons. The molecule has 0 aliphatic heterocycles. The molecule has 2 rings (SSSR count). The Labute approximate surface area is 127 Å². The SMILES string of the molecule is Cc1cc(Cl)nc(NC(=O)CC2(C(=O)O)CCCCC2)n1. The van der Waals surface area contributed by atoms with Crippen molar-refractivity contribution in [3.05, 3.63) is 16.9 Å². The molecule has 1 fully saturated rings. The molecule has 0 saturated heterocycles. The predicted molar refractivity (Wildman–Crippen MR) is 78.2 cm³/mol. The quantitative estimate of drug-likeness (QED) is 0.834. The lowest BCUT2D eigenvalue weighted by Crippen LogP contribution is -2.37. The van der Waals surface area contributed by atoms with Gasteiger partial charge in [-0.3, -0.25) is 14.9 Å². The molecule has 7 heteroatoms. The molecule has 0 radical (unpaired) electrons. The number of amides is 1. The van der Waals surface area contributed by atoms with E-state index in [1.807, 2.05) is 0 Å². The molecule has 6 nitrogen and oxygen atoms in total. The first-order valence-electron chi connectivity index (χ1n) is 6.96. The van der Waals surface area contributed by atoms with Gasteiger partial charge in [-0.15, -0.1) is 0 Å². The van der Waals surface area contributed by atoms with Gasteiger partial charge in [0.25, 0.3) is 0 Å². The molecule has 1 heterocycles. The van der Waals surface area contributed by atoms with E-state index < -0.39 is 11.4 Å². The summed E-state index contributed by atoms with van der Waals surface area (Å²) in [5.74, 6) is -1.18. The Morgan fingerprint density at radius 3 is 2.57 bits per heavy atom. The molecular formula is C14H18ClN3O3. The van der Waals surface area contributed by atoms with Crippen LogP contribution in [0.25, 0.3) is 0 Å². The Morgan fingerprint density at radius 1 is 1.33 bits per heavy atom. The Balaban J connectivity index is 2.07. The third kappa shape index (κ3) is 3.91. The smallest absolute Gasteiger partial charge is 0.310 e. The van der Waals surface area contributed by atoms with Crippen LogP contribution in [0.3, 0.4) is 0 Å². The van der Waals surface area contributed by atoms with E-state index >= 15 is 0 Å². The molecule has 1 aromatic rings. The van der Waals surface area contributed by atoms with Gasteiger partial charge >= 0.3 is 5.97 Å². The minimum absolute atomic E-state index is 0.0583. The van der Waals surface area contributed by atoms with E-state index in [9.17, 15) is 14.7 Å². The van der Waals surface area contributed by atoms with E-state index in [0.29, 0.717) is 18.5 Å². The molecule has 21 heavy (non-hydrogen) atoms. The van der Waals surface area contributed by atoms with Gasteiger partial charge in [0.15, 0.2) is 0 Å². The number of anilines is 1. The number of nitrogens with one attached hydrogen (secondary N) is 1. The number of aromatic nitrogens is 2. The van der Waals surface area contributed by atoms with Gasteiger partial charge < -0.3 is 5.11 Å². The molecular weight excluding hydrogens is 294 g/mol. The lowest BCUT2D eigenvalue weighted by Gasteiger charge is -2.32. The van der Waals surface area contributed by atoms with Crippen LogP contribution in [-0.2, 0) is 9.59 Å². The first kappa shape index (κ1) is 15.7. The van der Waals surface area contributed by atoms with Crippen LogP contribution in [0.1, 0.15) is 44.2 Å². The number of carboxylic acids is 1. The lowest BCUT2D eigenvalue weighted by molar-refractivity contribution is -0.153. The number of aryl methyl sites for hydroxylation is 1. The number of halogens is 1. The minimum Gasteiger partial charge on any atom is -0.481 e. The van der Waals surface area contributed by atoms with E-state index in [4.69, 9.17) is 11.6 Å². The number of rotatable bonds is 4. The standard InChI is InChI=1S/C14H18ClN3O3/c1-9-7-10(15)17-13(16-9)18-11(19)8-14(12(20)21)5-3-2-4-6-14/h7H,2-6,8H2,1H3,(H,20,21)(H,16,17,18,19). The summed E-state index contributed by atoms with van der Waals surface area (Å²) in [6.07, 6.45) is 3.71. The van der Waals surface area contributed by atoms with Crippen LogP contribution in [0.15, 0.2) is 6.07 Å². The molecule has 1 aliphatic carbocycles. The van der Waals surface area contributed by atoms with Crippen LogP contribution < -0.4 is 5.32 Å². The van der Waals surface area contributed by atoms with Crippen LogP contribution in [0, 0.1) is 12.3 Å². The van der Waals surface area contributed by atoms with Crippen molar-refractivity contribution < 1.29 is 14.7 Å². The fourth-order valence-electron chi connectivity index (χ4n) is 2.76. The van der Waals surface area contributed by atoms with Gasteiger partial charge in [0.2, 0.25) is 11.9 Å². The van der Waals surface area contributed by atoms with E-state index in [2.05, 4.69) is 15.3 Å². The summed E-state index contributed by atoms with van der Waals surface area (Å²) in [5, 5.41) is 12.2. The third-order valence-electron chi connectivity index (χ3n) is 3.84. The van der Waals surface area contributed by atoms with Crippen molar-refractivity contribution in [3.8, 4) is 0 Å². The van der Waals surface area contributed by atoms with Gasteiger partial charge in [0, 0.05) is 12.1 Å². The van der Waals surface area contributed by atoms with Crippen LogP contribution in [-0.4, -0.2) is 27.0 Å². The van der Waals surface area contributed by atoms with E-state index in [1.54, 1.807) is 13.0 Å². The topological polar surface area (TPSA) is 92.2 Å². The fraction of sp³-hybridized carbons (Fsp3) is 0.571. The summed E-state index contributed by atoms with van der Waals surface area (Å²) in [6, 6.07) is 1.58. The largest absolute Gasteiger partial charge is 0.481 e. The fourth-order valence-corrected chi connectivity index (χ4v) is 3.00. The molecule has 1 aliphatic rings. The molecule has 0 unspecified atom stereocenters. The zero-order chi connectivity index (χ0) is 15.5. The minimum atomic E-state index is -0.962. The highest BCUT2D eigenvalue weighted by Gasteiger charge is 2.41. The van der Waals surface area contributed by atoms with Crippen molar-refractivity contribution in [2.24, 2.45) is 5.41 Å². The highest BCUT2D eigenvalue weighted by atomic mass is 35.5. The molecule has 2 N–H and O–H groups in total. The number of carbonyl (C=O) groups excluding carboxylic acids is 1. The Bertz CT molecular complexity index is 536. The molecule has 0 spiro atoms. The highest BCUT2D eigenvalue weighted by Crippen LogP contribution is 2.39. The Kier molecular flexibility index (Phi) is 4.77. The molecule has 1 saturated carbocycles. The van der Waals surface area contributed by atoms with Gasteiger partial charge in [-0.1, -0.05) is 30.9 Å². The lowest BCUT2D eigenvalue weighted by atomic mass is 9.71. The van der Waals surface area contributed by atoms with E-state index in [-0.39, 0.29) is 23.4 Å². The Hall–Kier alpha value is -1.69. The van der Waals surface area contributed by atoms with Gasteiger partial charge in [-0.25, -0.2) is 9.97 Å². The van der Waals surface area contributed by atoms with Gasteiger partial charge in [0.05, 0.1) is 5.41 Å². The number of carbonyl (C=O) groups is 2. The zero-order valence-electron chi connectivity index (χ0n) is 11.9. The van der Waals surface area contributed by atoms with Crippen LogP contribution >= 0.6 is 11.6 Å². The number of aliphatic carboxylic acids is 1. The first-order chi connectivity index (χ1) is 9.91. The van der Waals surface area contributed by atoms with Crippen molar-refractivity contribution >= 4 is 29.4 Å². The van der Waals surface area contributed by atoms with Crippen molar-refractivity contribution in [2.45, 2.75) is 45.4 Å². The number of carboxylic acid groups (broad SMARTS) is 1. The summed E-state index contributed by atoms with van der Waals surface area (Å²) in [7, 11) is 0. The molecule has 1 aromatic heterocycles. The highest BCUT2D eigenvalue weighted by molar-refractivity contribution is 6.29. The van der Waals surface area contributed by atoms with Crippen LogP contribution in [0.4, 0.5) is 5.95 Å². The monoisotopic (exact) mass is 311 g/mol. The average molecular weight is 312 g/mol. The Morgan fingerprint density at radius 2 is 2.00 bits per heavy atom. The van der Waals surface area contributed by atoms with E-state index in [0.717, 1.165) is 19.3 Å². The number of nitrogens with zero attached hydrogens (tertiary/aromatic N) is 2. The van der Waals surface area contributed by atoms with E-state index in [1.165, 1.54) is 0 Å². The van der Waals surface area contributed by atoms with Crippen LogP contribution in [0.2, 0.25) is 5.15 Å². The summed E-state index contributed by atoms with van der Waals surface area (Å²) < 4.78 is 0. The van der Waals surface area contributed by atoms with Crippen molar-refractivity contribution in [2.75, 3.05) is 5.32 Å². The second kappa shape index (κ2) is 6.39. The average Bonchev–Trinajstić information content (AvgIpc) is 2.37. The van der Waals surface area contributed by atoms with Crippen molar-refractivity contribution in [3.63, 3.8) is 0 Å². The maximum atomic E-state index is 12.1. The maximum absolute atomic E-state index is 12.1. The second-order valence-corrected chi connectivity index (χ2v) is 5.91. The molecule has 0 atom stereocenters. The summed E-state index contributed by atoms with van der Waals surface area (Å²) in [5.41, 5.74) is -0.327. The van der Waals surface area contributed by atoms with Crippen LogP contribution in [0.5, 0.6) is 0 Å². The summed E-state index contributed by atoms with van der Waals surface area (Å²) in [4.78, 5) is 31.6. The normalized spacial score (nSPS) is 17.2.